The minimum absolute atomic E-state index is 0.0134. The van der Waals surface area contributed by atoms with Gasteiger partial charge in [0, 0.05) is 36.3 Å². The molecule has 1 amide bonds. The van der Waals surface area contributed by atoms with Gasteiger partial charge in [0.2, 0.25) is 5.91 Å². The van der Waals surface area contributed by atoms with Crippen LogP contribution in [-0.4, -0.2) is 27.0 Å². The third-order valence-corrected chi connectivity index (χ3v) is 4.23. The summed E-state index contributed by atoms with van der Waals surface area (Å²) in [6, 6.07) is 7.96. The maximum Gasteiger partial charge on any atom is 0.234 e. The number of benzene rings is 1. The summed E-state index contributed by atoms with van der Waals surface area (Å²) in [6.45, 7) is 8.67. The molecule has 1 heterocycles. The molecule has 0 saturated carbocycles. The Morgan fingerprint density at radius 2 is 2.30 bits per heavy atom. The predicted molar refractivity (Wildman–Crippen MR) is 98.0 cm³/mol. The van der Waals surface area contributed by atoms with Crippen LogP contribution in [0.15, 0.2) is 49.3 Å². The van der Waals surface area contributed by atoms with Crippen molar-refractivity contribution in [3.8, 4) is 0 Å². The number of carbonyl (C=O) groups is 1. The van der Waals surface area contributed by atoms with Gasteiger partial charge in [-0.1, -0.05) is 32.1 Å². The lowest BCUT2D eigenvalue weighted by atomic mass is 10.1. The lowest BCUT2D eigenvalue weighted by molar-refractivity contribution is -0.113. The van der Waals surface area contributed by atoms with Crippen LogP contribution in [0.5, 0.6) is 0 Å². The summed E-state index contributed by atoms with van der Waals surface area (Å²) in [5.74, 6) is 2.69. The second-order valence-corrected chi connectivity index (χ2v) is 6.65. The summed E-state index contributed by atoms with van der Waals surface area (Å²) in [4.78, 5) is 16.3. The maximum atomic E-state index is 11.9. The van der Waals surface area contributed by atoms with Gasteiger partial charge < -0.3 is 9.88 Å². The second-order valence-electron chi connectivity index (χ2n) is 5.62. The van der Waals surface area contributed by atoms with E-state index in [2.05, 4.69) is 41.4 Å². The van der Waals surface area contributed by atoms with Gasteiger partial charge >= 0.3 is 0 Å². The van der Waals surface area contributed by atoms with Crippen molar-refractivity contribution in [3.05, 3.63) is 60.7 Å². The van der Waals surface area contributed by atoms with Crippen LogP contribution < -0.4 is 5.32 Å². The number of nitrogens with zero attached hydrogens (tertiary/aromatic N) is 2. The largest absolute Gasteiger partial charge is 0.330 e. The molecule has 1 N–H and O–H groups in total. The monoisotopic (exact) mass is 329 g/mol. The molecule has 2 aromatic rings. The van der Waals surface area contributed by atoms with Gasteiger partial charge in [-0.25, -0.2) is 4.98 Å². The highest BCUT2D eigenvalue weighted by Crippen LogP contribution is 2.16. The number of rotatable bonds is 8. The molecule has 0 aliphatic rings. The SMILES string of the molecule is C=CCSCC(=O)Nc1cccc(Cn2ccnc2C(C)C)c1. The van der Waals surface area contributed by atoms with Gasteiger partial charge in [-0.05, 0) is 17.7 Å². The molecule has 0 aliphatic carbocycles. The molecule has 0 spiro atoms. The number of amides is 1. The van der Waals surface area contributed by atoms with E-state index in [1.54, 1.807) is 17.8 Å². The number of hydrogen-bond acceptors (Lipinski definition) is 3. The van der Waals surface area contributed by atoms with Gasteiger partial charge in [-0.3, -0.25) is 4.79 Å². The molecule has 1 aromatic heterocycles. The quantitative estimate of drug-likeness (QED) is 0.590. The summed E-state index contributed by atoms with van der Waals surface area (Å²) >= 11 is 1.55. The number of thioether (sulfide) groups is 1. The van der Waals surface area contributed by atoms with E-state index in [4.69, 9.17) is 0 Å². The van der Waals surface area contributed by atoms with E-state index in [-0.39, 0.29) is 5.91 Å². The van der Waals surface area contributed by atoms with Gasteiger partial charge in [0.25, 0.3) is 0 Å². The van der Waals surface area contributed by atoms with E-state index in [0.29, 0.717) is 11.7 Å². The first-order valence-electron chi connectivity index (χ1n) is 7.68. The molecule has 0 aliphatic heterocycles. The van der Waals surface area contributed by atoms with Crippen LogP contribution in [0, 0.1) is 0 Å². The third-order valence-electron chi connectivity index (χ3n) is 3.30. The van der Waals surface area contributed by atoms with Crippen LogP contribution in [0.1, 0.15) is 31.2 Å². The van der Waals surface area contributed by atoms with Crippen LogP contribution in [0.3, 0.4) is 0 Å². The fraction of sp³-hybridized carbons (Fsp3) is 0.333. The number of imidazole rings is 1. The van der Waals surface area contributed by atoms with Crippen LogP contribution in [-0.2, 0) is 11.3 Å². The van der Waals surface area contributed by atoms with Crippen LogP contribution >= 0.6 is 11.8 Å². The molecule has 4 nitrogen and oxygen atoms in total. The Hall–Kier alpha value is -2.01. The first kappa shape index (κ1) is 17.3. The van der Waals surface area contributed by atoms with Gasteiger partial charge in [0.1, 0.15) is 5.82 Å². The topological polar surface area (TPSA) is 46.9 Å². The standard InChI is InChI=1S/C18H23N3OS/c1-4-10-23-13-17(22)20-16-7-5-6-15(11-16)12-21-9-8-19-18(21)14(2)3/h4-9,11,14H,1,10,12-13H2,2-3H3,(H,20,22). The predicted octanol–water partition coefficient (Wildman–Crippen LogP) is 3.91. The minimum atomic E-state index is 0.0134. The second kappa shape index (κ2) is 8.58. The van der Waals surface area contributed by atoms with E-state index in [0.717, 1.165) is 29.4 Å². The van der Waals surface area contributed by atoms with Crippen LogP contribution in [0.2, 0.25) is 0 Å². The summed E-state index contributed by atoms with van der Waals surface area (Å²) in [5, 5.41) is 2.94. The van der Waals surface area contributed by atoms with Gasteiger partial charge in [-0.15, -0.1) is 18.3 Å². The summed E-state index contributed by atoms with van der Waals surface area (Å²) in [7, 11) is 0. The van der Waals surface area contributed by atoms with Crippen molar-refractivity contribution in [2.24, 2.45) is 0 Å². The van der Waals surface area contributed by atoms with Crippen molar-refractivity contribution in [2.45, 2.75) is 26.3 Å². The fourth-order valence-corrected chi connectivity index (χ4v) is 2.87. The van der Waals surface area contributed by atoms with Gasteiger partial charge in [0.15, 0.2) is 0 Å². The zero-order chi connectivity index (χ0) is 16.7. The van der Waals surface area contributed by atoms with E-state index >= 15 is 0 Å². The Bertz CT molecular complexity index is 664. The smallest absolute Gasteiger partial charge is 0.234 e. The highest BCUT2D eigenvalue weighted by atomic mass is 32.2. The molecule has 0 atom stereocenters. The van der Waals surface area contributed by atoms with Crippen molar-refractivity contribution in [3.63, 3.8) is 0 Å². The molecule has 0 fully saturated rings. The molecule has 5 heteroatoms. The average Bonchev–Trinajstić information content (AvgIpc) is 2.96. The Labute approximate surface area is 142 Å². The average molecular weight is 329 g/mol. The molecule has 122 valence electrons. The summed E-state index contributed by atoms with van der Waals surface area (Å²) < 4.78 is 2.14. The van der Waals surface area contributed by atoms with Gasteiger partial charge in [0.05, 0.1) is 5.75 Å². The van der Waals surface area contributed by atoms with Crippen molar-refractivity contribution in [2.75, 3.05) is 16.8 Å². The summed E-state index contributed by atoms with van der Waals surface area (Å²) in [5.41, 5.74) is 1.97. The fourth-order valence-electron chi connectivity index (χ4n) is 2.33. The highest BCUT2D eigenvalue weighted by Gasteiger charge is 2.08. The number of nitrogens with one attached hydrogen (secondary N) is 1. The molecular formula is C18H23N3OS. The van der Waals surface area contributed by atoms with Crippen molar-refractivity contribution >= 4 is 23.4 Å². The van der Waals surface area contributed by atoms with Crippen molar-refractivity contribution in [1.29, 1.82) is 0 Å². The lowest BCUT2D eigenvalue weighted by Crippen LogP contribution is -2.14. The zero-order valence-electron chi connectivity index (χ0n) is 13.7. The highest BCUT2D eigenvalue weighted by molar-refractivity contribution is 8.00. The van der Waals surface area contributed by atoms with E-state index in [9.17, 15) is 4.79 Å². The Morgan fingerprint density at radius 3 is 3.04 bits per heavy atom. The van der Waals surface area contributed by atoms with Crippen LogP contribution in [0.25, 0.3) is 0 Å². The number of aromatic nitrogens is 2. The third kappa shape index (κ3) is 5.28. The first-order chi connectivity index (χ1) is 11.1. The first-order valence-corrected chi connectivity index (χ1v) is 8.84. The molecule has 23 heavy (non-hydrogen) atoms. The number of hydrogen-bond donors (Lipinski definition) is 1. The molecule has 0 unspecified atom stereocenters. The molecule has 1 aromatic carbocycles. The Kier molecular flexibility index (Phi) is 6.47. The Balaban J connectivity index is 2.00. The van der Waals surface area contributed by atoms with Crippen molar-refractivity contribution in [1.82, 2.24) is 9.55 Å². The molecule has 0 bridgehead atoms. The van der Waals surface area contributed by atoms with E-state index < -0.39 is 0 Å². The van der Waals surface area contributed by atoms with E-state index in [1.165, 1.54) is 0 Å². The Morgan fingerprint density at radius 1 is 1.48 bits per heavy atom. The number of carbonyl (C=O) groups excluding carboxylic acids is 1. The van der Waals surface area contributed by atoms with Crippen LogP contribution in [0.4, 0.5) is 5.69 Å². The summed E-state index contributed by atoms with van der Waals surface area (Å²) in [6.07, 6.45) is 5.63. The minimum Gasteiger partial charge on any atom is -0.330 e. The van der Waals surface area contributed by atoms with Gasteiger partial charge in [-0.2, -0.15) is 0 Å². The molecule has 2 rings (SSSR count). The lowest BCUT2D eigenvalue weighted by Gasteiger charge is -2.12. The molecular weight excluding hydrogens is 306 g/mol. The van der Waals surface area contributed by atoms with E-state index in [1.807, 2.05) is 30.6 Å². The zero-order valence-corrected chi connectivity index (χ0v) is 14.5. The normalized spacial score (nSPS) is 10.7. The number of anilines is 1. The molecule has 0 radical (unpaired) electrons. The van der Waals surface area contributed by atoms with Crippen molar-refractivity contribution < 1.29 is 4.79 Å². The maximum absolute atomic E-state index is 11.9. The molecule has 0 saturated heterocycles.